The lowest BCUT2D eigenvalue weighted by molar-refractivity contribution is -0.140. The van der Waals surface area contributed by atoms with Crippen LogP contribution in [0.1, 0.15) is 12.8 Å². The van der Waals surface area contributed by atoms with Crippen LogP contribution < -0.4 is 15.0 Å². The lowest BCUT2D eigenvalue weighted by Crippen LogP contribution is -2.52. The van der Waals surface area contributed by atoms with E-state index in [1.165, 1.54) is 7.11 Å². The second kappa shape index (κ2) is 9.00. The Balaban J connectivity index is 1.71. The monoisotopic (exact) mass is 335 g/mol. The highest BCUT2D eigenvalue weighted by atomic mass is 16.5. The van der Waals surface area contributed by atoms with Crippen LogP contribution in [-0.2, 0) is 9.53 Å². The van der Waals surface area contributed by atoms with Crippen molar-refractivity contribution in [2.75, 3.05) is 51.8 Å². The van der Waals surface area contributed by atoms with Crippen LogP contribution in [0.2, 0.25) is 0 Å². The van der Waals surface area contributed by atoms with Crippen molar-refractivity contribution in [2.45, 2.75) is 12.8 Å². The fourth-order valence-electron chi connectivity index (χ4n) is 2.60. The van der Waals surface area contributed by atoms with E-state index >= 15 is 0 Å². The molecule has 0 aliphatic carbocycles. The van der Waals surface area contributed by atoms with Crippen molar-refractivity contribution in [1.29, 1.82) is 0 Å². The van der Waals surface area contributed by atoms with Gasteiger partial charge in [-0.1, -0.05) is 0 Å². The Morgan fingerprint density at radius 3 is 2.33 bits per heavy atom. The molecular formula is C17H25N3O4. The van der Waals surface area contributed by atoms with E-state index in [1.54, 1.807) is 12.0 Å². The van der Waals surface area contributed by atoms with Crippen molar-refractivity contribution >= 4 is 17.7 Å². The van der Waals surface area contributed by atoms with E-state index < -0.39 is 0 Å². The standard InChI is InChI=1S/C17H25N3O4/c1-23-15-7-5-14(6-8-15)19-10-12-20(13-11-19)17(22)18-9-3-4-16(21)24-2/h5-8H,3-4,9-13H2,1-2H3,(H,18,22). The molecule has 0 unspecified atom stereocenters. The summed E-state index contributed by atoms with van der Waals surface area (Å²) in [5, 5.41) is 2.85. The van der Waals surface area contributed by atoms with E-state index in [0.717, 1.165) is 24.5 Å². The number of benzene rings is 1. The number of ether oxygens (including phenoxy) is 2. The number of carbonyl (C=O) groups is 2. The van der Waals surface area contributed by atoms with Crippen molar-refractivity contribution < 1.29 is 19.1 Å². The van der Waals surface area contributed by atoms with Crippen LogP contribution in [0.15, 0.2) is 24.3 Å². The molecule has 1 aliphatic heterocycles. The molecule has 1 fully saturated rings. The van der Waals surface area contributed by atoms with Gasteiger partial charge in [-0.15, -0.1) is 0 Å². The molecule has 0 saturated carbocycles. The number of hydrogen-bond acceptors (Lipinski definition) is 5. The quantitative estimate of drug-likeness (QED) is 0.630. The predicted octanol–water partition coefficient (Wildman–Crippen LogP) is 1.48. The lowest BCUT2D eigenvalue weighted by atomic mass is 10.2. The molecule has 24 heavy (non-hydrogen) atoms. The minimum Gasteiger partial charge on any atom is -0.497 e. The SMILES string of the molecule is COC(=O)CCCNC(=O)N1CCN(c2ccc(OC)cc2)CC1. The molecule has 1 saturated heterocycles. The highest BCUT2D eigenvalue weighted by molar-refractivity contribution is 5.74. The third kappa shape index (κ3) is 5.04. The Bertz CT molecular complexity index is 539. The van der Waals surface area contributed by atoms with Gasteiger partial charge in [0.05, 0.1) is 14.2 Å². The summed E-state index contributed by atoms with van der Waals surface area (Å²) in [5.41, 5.74) is 1.13. The summed E-state index contributed by atoms with van der Waals surface area (Å²) < 4.78 is 9.73. The second-order valence-electron chi connectivity index (χ2n) is 5.58. The Hall–Kier alpha value is -2.44. The van der Waals surface area contributed by atoms with Gasteiger partial charge in [-0.3, -0.25) is 4.79 Å². The molecular weight excluding hydrogens is 310 g/mol. The zero-order chi connectivity index (χ0) is 17.4. The average Bonchev–Trinajstić information content (AvgIpc) is 2.65. The van der Waals surface area contributed by atoms with Gasteiger partial charge in [0.15, 0.2) is 0 Å². The summed E-state index contributed by atoms with van der Waals surface area (Å²) in [6, 6.07) is 7.86. The average molecular weight is 335 g/mol. The third-order valence-electron chi connectivity index (χ3n) is 4.07. The molecule has 1 heterocycles. The van der Waals surface area contributed by atoms with Crippen LogP contribution in [0.25, 0.3) is 0 Å². The number of anilines is 1. The lowest BCUT2D eigenvalue weighted by Gasteiger charge is -2.36. The van der Waals surface area contributed by atoms with Gasteiger partial charge in [-0.25, -0.2) is 4.79 Å². The van der Waals surface area contributed by atoms with Gasteiger partial charge in [-0.05, 0) is 30.7 Å². The van der Waals surface area contributed by atoms with Gasteiger partial charge in [0, 0.05) is 44.8 Å². The minimum atomic E-state index is -0.252. The molecule has 0 bridgehead atoms. The van der Waals surface area contributed by atoms with Gasteiger partial charge in [-0.2, -0.15) is 0 Å². The fraction of sp³-hybridized carbons (Fsp3) is 0.529. The number of rotatable bonds is 6. The topological polar surface area (TPSA) is 71.1 Å². The van der Waals surface area contributed by atoms with Gasteiger partial charge >= 0.3 is 12.0 Å². The molecule has 7 heteroatoms. The van der Waals surface area contributed by atoms with Crippen molar-refractivity contribution in [3.63, 3.8) is 0 Å². The predicted molar refractivity (Wildman–Crippen MR) is 91.4 cm³/mol. The van der Waals surface area contributed by atoms with E-state index in [9.17, 15) is 9.59 Å². The summed E-state index contributed by atoms with van der Waals surface area (Å²) in [6.07, 6.45) is 0.909. The third-order valence-corrected chi connectivity index (χ3v) is 4.07. The van der Waals surface area contributed by atoms with Crippen molar-refractivity contribution in [1.82, 2.24) is 10.2 Å². The van der Waals surface area contributed by atoms with Gasteiger partial charge in [0.25, 0.3) is 0 Å². The second-order valence-corrected chi connectivity index (χ2v) is 5.58. The van der Waals surface area contributed by atoms with E-state index in [-0.39, 0.29) is 12.0 Å². The molecule has 2 rings (SSSR count). The van der Waals surface area contributed by atoms with Crippen molar-refractivity contribution in [2.24, 2.45) is 0 Å². The Kier molecular flexibility index (Phi) is 6.72. The molecule has 1 aliphatic rings. The molecule has 1 aromatic rings. The summed E-state index contributed by atoms with van der Waals surface area (Å²) in [4.78, 5) is 27.2. The smallest absolute Gasteiger partial charge is 0.317 e. The highest BCUT2D eigenvalue weighted by Gasteiger charge is 2.21. The van der Waals surface area contributed by atoms with Gasteiger partial charge < -0.3 is 24.6 Å². The molecule has 0 aromatic heterocycles. The van der Waals surface area contributed by atoms with Crippen molar-refractivity contribution in [3.05, 3.63) is 24.3 Å². The highest BCUT2D eigenvalue weighted by Crippen LogP contribution is 2.20. The van der Waals surface area contributed by atoms with E-state index in [4.69, 9.17) is 4.74 Å². The maximum absolute atomic E-state index is 12.1. The zero-order valence-electron chi connectivity index (χ0n) is 14.3. The summed E-state index contributed by atoms with van der Waals surface area (Å²) in [7, 11) is 3.01. The van der Waals surface area contributed by atoms with E-state index in [2.05, 4.69) is 15.0 Å². The number of hydrogen-bond donors (Lipinski definition) is 1. The molecule has 2 amide bonds. The number of amides is 2. The number of esters is 1. The molecule has 0 atom stereocenters. The molecule has 1 N–H and O–H groups in total. The molecule has 0 spiro atoms. The van der Waals surface area contributed by atoms with E-state index in [0.29, 0.717) is 32.5 Å². The Morgan fingerprint density at radius 2 is 1.75 bits per heavy atom. The number of piperazine rings is 1. The molecule has 0 radical (unpaired) electrons. The summed E-state index contributed by atoms with van der Waals surface area (Å²) in [6.45, 7) is 3.42. The van der Waals surface area contributed by atoms with Gasteiger partial charge in [0.2, 0.25) is 0 Å². The van der Waals surface area contributed by atoms with Crippen LogP contribution in [0.3, 0.4) is 0 Å². The van der Waals surface area contributed by atoms with Gasteiger partial charge in [0.1, 0.15) is 5.75 Å². The number of methoxy groups -OCH3 is 2. The maximum atomic E-state index is 12.1. The first-order valence-electron chi connectivity index (χ1n) is 8.12. The maximum Gasteiger partial charge on any atom is 0.317 e. The van der Waals surface area contributed by atoms with E-state index in [1.807, 2.05) is 24.3 Å². The van der Waals surface area contributed by atoms with Crippen LogP contribution in [-0.4, -0.2) is 63.8 Å². The van der Waals surface area contributed by atoms with Crippen molar-refractivity contribution in [3.8, 4) is 5.75 Å². The fourth-order valence-corrected chi connectivity index (χ4v) is 2.60. The Morgan fingerprint density at radius 1 is 1.08 bits per heavy atom. The van der Waals surface area contributed by atoms with Crippen LogP contribution in [0, 0.1) is 0 Å². The largest absolute Gasteiger partial charge is 0.497 e. The summed E-state index contributed by atoms with van der Waals surface area (Å²) in [5.74, 6) is 0.584. The first kappa shape index (κ1) is 17.9. The summed E-state index contributed by atoms with van der Waals surface area (Å²) >= 11 is 0. The van der Waals surface area contributed by atoms with Crippen LogP contribution in [0.4, 0.5) is 10.5 Å². The normalized spacial score (nSPS) is 14.2. The molecule has 1 aromatic carbocycles. The van der Waals surface area contributed by atoms with Crippen LogP contribution >= 0.6 is 0 Å². The Labute approximate surface area is 142 Å². The number of urea groups is 1. The minimum absolute atomic E-state index is 0.0748. The number of nitrogens with one attached hydrogen (secondary N) is 1. The zero-order valence-corrected chi connectivity index (χ0v) is 14.3. The molecule has 7 nitrogen and oxygen atoms in total. The first-order chi connectivity index (χ1) is 11.6. The number of carbonyl (C=O) groups excluding carboxylic acids is 2. The van der Waals surface area contributed by atoms with Crippen LogP contribution in [0.5, 0.6) is 5.75 Å². The number of nitrogens with zero attached hydrogens (tertiary/aromatic N) is 2. The molecule has 132 valence electrons. The first-order valence-corrected chi connectivity index (χ1v) is 8.12.